The molecule has 2 amide bonds. The van der Waals surface area contributed by atoms with Crippen molar-refractivity contribution in [3.05, 3.63) is 76.1 Å². The number of aromatic nitrogens is 1. The zero-order valence-corrected chi connectivity index (χ0v) is 19.4. The number of hydrogen-bond donors (Lipinski definition) is 2. The quantitative estimate of drug-likeness (QED) is 0.479. The summed E-state index contributed by atoms with van der Waals surface area (Å²) in [4.78, 5) is 32.9. The number of pyridine rings is 1. The van der Waals surface area contributed by atoms with Crippen molar-refractivity contribution in [3.63, 3.8) is 0 Å². The number of H-pyrrole nitrogens is 1. The van der Waals surface area contributed by atoms with Crippen LogP contribution in [0.15, 0.2) is 59.4 Å². The van der Waals surface area contributed by atoms with Gasteiger partial charge in [-0.3, -0.25) is 4.79 Å². The molecule has 3 rings (SSSR count). The molecule has 2 N–H and O–H groups in total. The Morgan fingerprint density at radius 3 is 2.41 bits per heavy atom. The van der Waals surface area contributed by atoms with Gasteiger partial charge in [0.2, 0.25) is 0 Å². The Hall–Kier alpha value is -3.12. The Kier molecular flexibility index (Phi) is 8.45. The van der Waals surface area contributed by atoms with Gasteiger partial charge in [-0.25, -0.2) is 4.79 Å². The van der Waals surface area contributed by atoms with E-state index in [1.807, 2.05) is 48.5 Å². The first-order valence-electron chi connectivity index (χ1n) is 11.5. The maximum Gasteiger partial charge on any atom is 0.322 e. The minimum Gasteiger partial charge on any atom is -0.322 e. The second kappa shape index (κ2) is 11.5. The molecule has 0 atom stereocenters. The van der Waals surface area contributed by atoms with Crippen LogP contribution in [0.2, 0.25) is 0 Å². The standard InChI is InChI=1S/C26H34N4O2/c1-4-20-13-14-24-21(17-20)18-22(25(31)28-24)19-30(16-10-15-29(5-2)6-3)26(32)27-23-11-8-7-9-12-23/h7-9,11-14,17-18H,4-6,10,15-16,19H2,1-3H3,(H,27,32)(H,28,31). The van der Waals surface area contributed by atoms with E-state index in [1.54, 1.807) is 4.90 Å². The summed E-state index contributed by atoms with van der Waals surface area (Å²) in [5.41, 5.74) is 3.22. The van der Waals surface area contributed by atoms with Crippen LogP contribution in [-0.2, 0) is 13.0 Å². The molecule has 0 spiro atoms. The topological polar surface area (TPSA) is 68.4 Å². The molecule has 6 heteroatoms. The second-order valence-corrected chi connectivity index (χ2v) is 8.00. The number of nitrogens with zero attached hydrogens (tertiary/aromatic N) is 2. The largest absolute Gasteiger partial charge is 0.322 e. The van der Waals surface area contributed by atoms with Crippen LogP contribution in [0.3, 0.4) is 0 Å². The first-order chi connectivity index (χ1) is 15.5. The third-order valence-electron chi connectivity index (χ3n) is 5.86. The van der Waals surface area contributed by atoms with Crippen LogP contribution in [0.5, 0.6) is 0 Å². The number of rotatable bonds is 10. The number of para-hydroxylation sites is 1. The molecular formula is C26H34N4O2. The Labute approximate surface area is 190 Å². The van der Waals surface area contributed by atoms with Crippen LogP contribution in [0, 0.1) is 0 Å². The highest BCUT2D eigenvalue weighted by Crippen LogP contribution is 2.16. The number of amides is 2. The highest BCUT2D eigenvalue weighted by atomic mass is 16.2. The molecule has 0 fully saturated rings. The summed E-state index contributed by atoms with van der Waals surface area (Å²) < 4.78 is 0. The Balaban J connectivity index is 1.82. The first kappa shape index (κ1) is 23.5. The number of hydrogen-bond acceptors (Lipinski definition) is 3. The number of anilines is 1. The van der Waals surface area contributed by atoms with E-state index >= 15 is 0 Å². The molecule has 0 aliphatic heterocycles. The zero-order valence-electron chi connectivity index (χ0n) is 19.4. The first-order valence-corrected chi connectivity index (χ1v) is 11.5. The minimum absolute atomic E-state index is 0.150. The minimum atomic E-state index is -0.197. The molecule has 0 bridgehead atoms. The number of carbonyl (C=O) groups is 1. The number of aryl methyl sites for hydroxylation is 1. The number of aromatic amines is 1. The summed E-state index contributed by atoms with van der Waals surface area (Å²) in [7, 11) is 0. The molecule has 0 radical (unpaired) electrons. The molecule has 0 aliphatic rings. The maximum atomic E-state index is 13.1. The third kappa shape index (κ3) is 6.20. The number of nitrogens with one attached hydrogen (secondary N) is 2. The molecule has 0 aliphatic carbocycles. The summed E-state index contributed by atoms with van der Waals surface area (Å²) in [5.74, 6) is 0. The molecule has 3 aromatic rings. The van der Waals surface area contributed by atoms with Gasteiger partial charge in [0, 0.05) is 23.3 Å². The van der Waals surface area contributed by atoms with Crippen LogP contribution < -0.4 is 10.9 Å². The number of benzene rings is 2. The van der Waals surface area contributed by atoms with Gasteiger partial charge < -0.3 is 20.1 Å². The van der Waals surface area contributed by atoms with Crippen LogP contribution in [0.4, 0.5) is 10.5 Å². The Morgan fingerprint density at radius 2 is 1.72 bits per heavy atom. The smallest absolute Gasteiger partial charge is 0.322 e. The van der Waals surface area contributed by atoms with Crippen molar-refractivity contribution in [2.24, 2.45) is 0 Å². The number of urea groups is 1. The summed E-state index contributed by atoms with van der Waals surface area (Å²) in [6.45, 7) is 10.1. The van der Waals surface area contributed by atoms with Crippen LogP contribution >= 0.6 is 0 Å². The van der Waals surface area contributed by atoms with Crippen molar-refractivity contribution in [2.45, 2.75) is 40.2 Å². The van der Waals surface area contributed by atoms with E-state index in [0.29, 0.717) is 12.1 Å². The molecule has 1 aromatic heterocycles. The highest BCUT2D eigenvalue weighted by Gasteiger charge is 2.17. The van der Waals surface area contributed by atoms with Gasteiger partial charge in [0.15, 0.2) is 0 Å². The molecule has 6 nitrogen and oxygen atoms in total. The van der Waals surface area contributed by atoms with Crippen LogP contribution in [0.25, 0.3) is 10.9 Å². The molecule has 170 valence electrons. The van der Waals surface area contributed by atoms with Gasteiger partial charge in [-0.15, -0.1) is 0 Å². The second-order valence-electron chi connectivity index (χ2n) is 8.00. The lowest BCUT2D eigenvalue weighted by atomic mass is 10.1. The molecule has 0 saturated carbocycles. The van der Waals surface area contributed by atoms with Gasteiger partial charge in [-0.05, 0) is 73.8 Å². The molecule has 0 saturated heterocycles. The summed E-state index contributed by atoms with van der Waals surface area (Å²) in [6, 6.07) is 17.2. The summed E-state index contributed by atoms with van der Waals surface area (Å²) in [6.07, 6.45) is 1.77. The molecular weight excluding hydrogens is 400 g/mol. The highest BCUT2D eigenvalue weighted by molar-refractivity contribution is 5.89. The predicted octanol–water partition coefficient (Wildman–Crippen LogP) is 4.86. The number of fused-ring (bicyclic) bond motifs is 1. The summed E-state index contributed by atoms with van der Waals surface area (Å²) >= 11 is 0. The van der Waals surface area contributed by atoms with Crippen LogP contribution in [0.1, 0.15) is 38.3 Å². The SMILES string of the molecule is CCc1ccc2[nH]c(=O)c(CN(CCCN(CC)CC)C(=O)Nc3ccccc3)cc2c1. The lowest BCUT2D eigenvalue weighted by molar-refractivity contribution is 0.202. The molecule has 0 unspecified atom stereocenters. The Bertz CT molecular complexity index is 1070. The molecule has 1 heterocycles. The lowest BCUT2D eigenvalue weighted by Gasteiger charge is -2.25. The molecule has 32 heavy (non-hydrogen) atoms. The van der Waals surface area contributed by atoms with Crippen LogP contribution in [-0.4, -0.2) is 47.0 Å². The van der Waals surface area contributed by atoms with Crippen molar-refractivity contribution in [1.29, 1.82) is 0 Å². The van der Waals surface area contributed by atoms with E-state index in [1.165, 1.54) is 5.56 Å². The van der Waals surface area contributed by atoms with Crippen molar-refractivity contribution < 1.29 is 4.79 Å². The van der Waals surface area contributed by atoms with E-state index in [9.17, 15) is 9.59 Å². The van der Waals surface area contributed by atoms with Gasteiger partial charge in [-0.2, -0.15) is 0 Å². The average Bonchev–Trinajstić information content (AvgIpc) is 2.81. The van der Waals surface area contributed by atoms with E-state index in [0.717, 1.165) is 49.1 Å². The normalized spacial score (nSPS) is 11.1. The fraction of sp³-hybridized carbons (Fsp3) is 0.385. The Morgan fingerprint density at radius 1 is 0.969 bits per heavy atom. The van der Waals surface area contributed by atoms with E-state index < -0.39 is 0 Å². The van der Waals surface area contributed by atoms with E-state index in [4.69, 9.17) is 0 Å². The van der Waals surface area contributed by atoms with Crippen molar-refractivity contribution in [1.82, 2.24) is 14.8 Å². The third-order valence-corrected chi connectivity index (χ3v) is 5.86. The number of carbonyl (C=O) groups excluding carboxylic acids is 1. The zero-order chi connectivity index (χ0) is 22.9. The fourth-order valence-electron chi connectivity index (χ4n) is 3.85. The fourth-order valence-corrected chi connectivity index (χ4v) is 3.85. The van der Waals surface area contributed by atoms with Crippen molar-refractivity contribution >= 4 is 22.6 Å². The summed E-state index contributed by atoms with van der Waals surface area (Å²) in [5, 5.41) is 3.96. The molecule has 2 aromatic carbocycles. The maximum absolute atomic E-state index is 13.1. The van der Waals surface area contributed by atoms with Gasteiger partial charge in [0.25, 0.3) is 5.56 Å². The lowest BCUT2D eigenvalue weighted by Crippen LogP contribution is -2.38. The van der Waals surface area contributed by atoms with E-state index in [-0.39, 0.29) is 18.1 Å². The monoisotopic (exact) mass is 434 g/mol. The van der Waals surface area contributed by atoms with Gasteiger partial charge in [-0.1, -0.05) is 45.0 Å². The van der Waals surface area contributed by atoms with Crippen molar-refractivity contribution in [2.75, 3.05) is 31.5 Å². The van der Waals surface area contributed by atoms with Gasteiger partial charge >= 0.3 is 6.03 Å². The van der Waals surface area contributed by atoms with Crippen molar-refractivity contribution in [3.8, 4) is 0 Å². The average molecular weight is 435 g/mol. The van der Waals surface area contributed by atoms with Gasteiger partial charge in [0.1, 0.15) is 0 Å². The van der Waals surface area contributed by atoms with Gasteiger partial charge in [0.05, 0.1) is 6.54 Å². The van der Waals surface area contributed by atoms with E-state index in [2.05, 4.69) is 42.0 Å². The predicted molar refractivity (Wildman–Crippen MR) is 132 cm³/mol.